The monoisotopic (exact) mass is 301 g/mol. The fourth-order valence-corrected chi connectivity index (χ4v) is 3.82. The normalized spacial score (nSPS) is 29.6. The van der Waals surface area contributed by atoms with Gasteiger partial charge in [-0.3, -0.25) is 0 Å². The van der Waals surface area contributed by atoms with Crippen molar-refractivity contribution in [2.75, 3.05) is 20.7 Å². The van der Waals surface area contributed by atoms with E-state index in [1.54, 1.807) is 0 Å². The van der Waals surface area contributed by atoms with Gasteiger partial charge in [0.25, 0.3) is 0 Å². The van der Waals surface area contributed by atoms with E-state index in [0.29, 0.717) is 24.6 Å². The van der Waals surface area contributed by atoms with Gasteiger partial charge < -0.3 is 15.0 Å². The molecule has 0 bridgehead atoms. The van der Waals surface area contributed by atoms with Crippen molar-refractivity contribution < 1.29 is 4.74 Å². The summed E-state index contributed by atoms with van der Waals surface area (Å²) in [5.74, 6) is 1.59. The van der Waals surface area contributed by atoms with Crippen LogP contribution in [0.2, 0.25) is 0 Å². The topological polar surface area (TPSA) is 36.9 Å². The van der Waals surface area contributed by atoms with E-state index >= 15 is 0 Å². The highest BCUT2D eigenvalue weighted by Crippen LogP contribution is 2.52. The number of rotatable bonds is 3. The lowest BCUT2D eigenvalue weighted by Crippen LogP contribution is -2.67. The lowest BCUT2D eigenvalue weighted by Gasteiger charge is -2.55. The average Bonchev–Trinajstić information content (AvgIpc) is 2.94. The Hall–Kier alpha value is -1.55. The second kappa shape index (κ2) is 5.92. The molecular formula is C18H27N3O. The predicted octanol–water partition coefficient (Wildman–Crippen LogP) is 2.51. The molecule has 1 aromatic carbocycles. The number of guanidine groups is 1. The van der Waals surface area contributed by atoms with E-state index in [1.807, 2.05) is 20.2 Å². The first-order valence-corrected chi connectivity index (χ1v) is 8.14. The van der Waals surface area contributed by atoms with E-state index in [1.165, 1.54) is 5.56 Å². The molecule has 0 radical (unpaired) electrons. The van der Waals surface area contributed by atoms with Crippen molar-refractivity contribution in [3.05, 3.63) is 35.9 Å². The van der Waals surface area contributed by atoms with Gasteiger partial charge in [0, 0.05) is 38.1 Å². The fraction of sp³-hybridized carbons (Fsp3) is 0.611. The van der Waals surface area contributed by atoms with Crippen molar-refractivity contribution in [3.8, 4) is 0 Å². The van der Waals surface area contributed by atoms with Gasteiger partial charge in [-0.15, -0.1) is 0 Å². The highest BCUT2D eigenvalue weighted by Gasteiger charge is 2.59. The first-order valence-electron chi connectivity index (χ1n) is 8.14. The Labute approximate surface area is 133 Å². The van der Waals surface area contributed by atoms with Crippen LogP contribution in [-0.4, -0.2) is 43.7 Å². The van der Waals surface area contributed by atoms with Crippen LogP contribution >= 0.6 is 0 Å². The van der Waals surface area contributed by atoms with Crippen LogP contribution in [0.4, 0.5) is 0 Å². The summed E-state index contributed by atoms with van der Waals surface area (Å²) in [4.78, 5) is 6.86. The molecule has 0 amide bonds. The Morgan fingerprint density at radius 3 is 2.73 bits per heavy atom. The summed E-state index contributed by atoms with van der Waals surface area (Å²) in [5.41, 5.74) is 1.41. The van der Waals surface area contributed by atoms with E-state index in [0.717, 1.165) is 19.0 Å². The zero-order chi connectivity index (χ0) is 15.7. The molecule has 1 saturated heterocycles. The molecule has 1 heterocycles. The summed E-state index contributed by atoms with van der Waals surface area (Å²) in [6.45, 7) is 6.19. The maximum absolute atomic E-state index is 5.88. The zero-order valence-electron chi connectivity index (χ0n) is 14.0. The molecule has 4 heteroatoms. The summed E-state index contributed by atoms with van der Waals surface area (Å²) in [5, 5.41) is 3.68. The van der Waals surface area contributed by atoms with Crippen molar-refractivity contribution in [2.45, 2.75) is 39.0 Å². The van der Waals surface area contributed by atoms with Crippen molar-refractivity contribution in [1.82, 2.24) is 10.2 Å². The molecule has 22 heavy (non-hydrogen) atoms. The third-order valence-corrected chi connectivity index (χ3v) is 5.06. The number of nitrogens with one attached hydrogen (secondary N) is 1. The van der Waals surface area contributed by atoms with Crippen molar-refractivity contribution in [2.24, 2.45) is 16.3 Å². The summed E-state index contributed by atoms with van der Waals surface area (Å²) in [6.07, 6.45) is 1.56. The second-order valence-electron chi connectivity index (χ2n) is 7.21. The molecule has 1 aliphatic heterocycles. The minimum absolute atomic E-state index is 0.171. The summed E-state index contributed by atoms with van der Waals surface area (Å²) >= 11 is 0. The lowest BCUT2D eigenvalue weighted by molar-refractivity contribution is -0.107. The van der Waals surface area contributed by atoms with Crippen molar-refractivity contribution in [3.63, 3.8) is 0 Å². The van der Waals surface area contributed by atoms with Crippen LogP contribution in [0.1, 0.15) is 25.8 Å². The highest BCUT2D eigenvalue weighted by molar-refractivity contribution is 5.80. The standard InChI is InChI=1S/C18H27N3O/c1-18(2)15(14-10-11-22-16(14)18)20-17(21(3)4)19-12-13-8-6-5-7-9-13/h5-9,14-16H,10-12H2,1-4H3,(H,19,20). The predicted molar refractivity (Wildman–Crippen MR) is 89.8 cm³/mol. The number of hydrogen-bond donors (Lipinski definition) is 1. The highest BCUT2D eigenvalue weighted by atomic mass is 16.5. The number of nitrogens with zero attached hydrogens (tertiary/aromatic N) is 2. The van der Waals surface area contributed by atoms with Gasteiger partial charge in [0.1, 0.15) is 0 Å². The van der Waals surface area contributed by atoms with Crippen molar-refractivity contribution in [1.29, 1.82) is 0 Å². The molecular weight excluding hydrogens is 274 g/mol. The Balaban J connectivity index is 1.70. The molecule has 0 aromatic heterocycles. The largest absolute Gasteiger partial charge is 0.377 e. The molecule has 1 saturated carbocycles. The molecule has 120 valence electrons. The van der Waals surface area contributed by atoms with Crippen LogP contribution in [0, 0.1) is 11.3 Å². The van der Waals surface area contributed by atoms with Gasteiger partial charge in [-0.05, 0) is 12.0 Å². The molecule has 1 aliphatic carbocycles. The minimum Gasteiger partial charge on any atom is -0.377 e. The van der Waals surface area contributed by atoms with E-state index in [9.17, 15) is 0 Å². The van der Waals surface area contributed by atoms with Gasteiger partial charge in [-0.1, -0.05) is 44.2 Å². The van der Waals surface area contributed by atoms with E-state index in [2.05, 4.69) is 48.3 Å². The Bertz CT molecular complexity index is 539. The molecule has 0 spiro atoms. The maximum atomic E-state index is 5.88. The molecule has 3 rings (SSSR count). The fourth-order valence-electron chi connectivity index (χ4n) is 3.82. The first kappa shape index (κ1) is 15.3. The van der Waals surface area contributed by atoms with Crippen molar-refractivity contribution >= 4 is 5.96 Å². The van der Waals surface area contributed by atoms with Crippen LogP contribution in [-0.2, 0) is 11.3 Å². The van der Waals surface area contributed by atoms with Gasteiger partial charge in [0.05, 0.1) is 12.6 Å². The van der Waals surface area contributed by atoms with Gasteiger partial charge in [-0.2, -0.15) is 0 Å². The number of ether oxygens (including phenoxy) is 1. The summed E-state index contributed by atoms with van der Waals surface area (Å²) in [7, 11) is 4.09. The Kier molecular flexibility index (Phi) is 4.13. The van der Waals surface area contributed by atoms with Crippen LogP contribution in [0.15, 0.2) is 35.3 Å². The Morgan fingerprint density at radius 2 is 2.05 bits per heavy atom. The molecule has 3 unspecified atom stereocenters. The van der Waals surface area contributed by atoms with Crippen LogP contribution in [0.25, 0.3) is 0 Å². The SMILES string of the molecule is CN(C)C(=NCc1ccccc1)NC1C2CCOC2C1(C)C. The quantitative estimate of drug-likeness (QED) is 0.688. The summed E-state index contributed by atoms with van der Waals surface area (Å²) < 4.78 is 5.88. The van der Waals surface area contributed by atoms with Gasteiger partial charge in [0.15, 0.2) is 5.96 Å². The number of fused-ring (bicyclic) bond motifs is 1. The molecule has 1 N–H and O–H groups in total. The van der Waals surface area contributed by atoms with Crippen LogP contribution < -0.4 is 5.32 Å². The first-order chi connectivity index (χ1) is 10.5. The van der Waals surface area contributed by atoms with Crippen LogP contribution in [0.3, 0.4) is 0 Å². The van der Waals surface area contributed by atoms with E-state index in [4.69, 9.17) is 9.73 Å². The second-order valence-corrected chi connectivity index (χ2v) is 7.21. The van der Waals surface area contributed by atoms with Crippen LogP contribution in [0.5, 0.6) is 0 Å². The number of benzene rings is 1. The molecule has 1 aromatic rings. The van der Waals surface area contributed by atoms with Gasteiger partial charge in [-0.25, -0.2) is 4.99 Å². The Morgan fingerprint density at radius 1 is 1.32 bits per heavy atom. The third-order valence-electron chi connectivity index (χ3n) is 5.06. The smallest absolute Gasteiger partial charge is 0.193 e. The zero-order valence-corrected chi connectivity index (χ0v) is 14.0. The van der Waals surface area contributed by atoms with E-state index in [-0.39, 0.29) is 5.41 Å². The summed E-state index contributed by atoms with van der Waals surface area (Å²) in [6, 6.07) is 10.8. The number of hydrogen-bond acceptors (Lipinski definition) is 2. The molecule has 2 aliphatic rings. The lowest BCUT2D eigenvalue weighted by atomic mass is 9.57. The van der Waals surface area contributed by atoms with Gasteiger partial charge in [0.2, 0.25) is 0 Å². The molecule has 2 fully saturated rings. The molecule has 4 nitrogen and oxygen atoms in total. The number of aliphatic imine (C=N–C) groups is 1. The third kappa shape index (κ3) is 2.72. The minimum atomic E-state index is 0.171. The maximum Gasteiger partial charge on any atom is 0.193 e. The average molecular weight is 301 g/mol. The van der Waals surface area contributed by atoms with Gasteiger partial charge >= 0.3 is 0 Å². The van der Waals surface area contributed by atoms with E-state index < -0.39 is 0 Å². The molecule has 3 atom stereocenters.